The van der Waals surface area contributed by atoms with Crippen LogP contribution in [0.2, 0.25) is 0 Å². The van der Waals surface area contributed by atoms with Crippen molar-refractivity contribution in [2.75, 3.05) is 11.9 Å². The molecule has 1 N–H and O–H groups in total. The summed E-state index contributed by atoms with van der Waals surface area (Å²) in [6, 6.07) is 1.72. The van der Waals surface area contributed by atoms with Gasteiger partial charge < -0.3 is 10.1 Å². The second-order valence-corrected chi connectivity index (χ2v) is 8.10. The van der Waals surface area contributed by atoms with Crippen LogP contribution in [0.4, 0.5) is 5.00 Å². The van der Waals surface area contributed by atoms with Crippen molar-refractivity contribution in [2.45, 2.75) is 34.1 Å². The minimum atomic E-state index is -0.418. The number of rotatable bonds is 6. The Morgan fingerprint density at radius 2 is 1.86 bits per heavy atom. The molecular weight excluding hydrogens is 396 g/mol. The molecular formula is C19H20N4O3S2. The van der Waals surface area contributed by atoms with Crippen molar-refractivity contribution in [3.8, 4) is 10.8 Å². The topological polar surface area (TPSA) is 94.1 Å². The van der Waals surface area contributed by atoms with Crippen molar-refractivity contribution in [1.29, 1.82) is 0 Å². The molecule has 7 nitrogen and oxygen atoms in total. The third-order valence-corrected chi connectivity index (χ3v) is 6.24. The molecule has 0 radical (unpaired) electrons. The first kappa shape index (κ1) is 20.1. The fourth-order valence-electron chi connectivity index (χ4n) is 2.78. The summed E-state index contributed by atoms with van der Waals surface area (Å²) in [5.41, 5.74) is 1.93. The molecule has 0 spiro atoms. The zero-order valence-electron chi connectivity index (χ0n) is 16.0. The van der Waals surface area contributed by atoms with Crippen molar-refractivity contribution in [2.24, 2.45) is 0 Å². The Balaban J connectivity index is 1.92. The van der Waals surface area contributed by atoms with E-state index in [-0.39, 0.29) is 12.5 Å². The molecule has 0 bridgehead atoms. The highest BCUT2D eigenvalue weighted by Crippen LogP contribution is 2.35. The number of thiazole rings is 1. The molecule has 28 heavy (non-hydrogen) atoms. The fraction of sp³-hybridized carbons (Fsp3) is 0.316. The van der Waals surface area contributed by atoms with Crippen molar-refractivity contribution in [3.63, 3.8) is 0 Å². The summed E-state index contributed by atoms with van der Waals surface area (Å²) in [7, 11) is 0. The lowest BCUT2D eigenvalue weighted by Gasteiger charge is -2.07. The minimum Gasteiger partial charge on any atom is -0.462 e. The molecule has 0 aromatic carbocycles. The van der Waals surface area contributed by atoms with E-state index in [4.69, 9.17) is 4.74 Å². The highest BCUT2D eigenvalue weighted by Gasteiger charge is 2.25. The van der Waals surface area contributed by atoms with Crippen LogP contribution >= 0.6 is 22.7 Å². The molecule has 3 aromatic heterocycles. The zero-order valence-corrected chi connectivity index (χ0v) is 17.7. The number of anilines is 1. The van der Waals surface area contributed by atoms with Gasteiger partial charge in [-0.15, -0.1) is 22.7 Å². The number of hydrogen-bond acceptors (Lipinski definition) is 8. The maximum Gasteiger partial charge on any atom is 0.341 e. The van der Waals surface area contributed by atoms with E-state index in [0.717, 1.165) is 10.4 Å². The monoisotopic (exact) mass is 416 g/mol. The van der Waals surface area contributed by atoms with Crippen LogP contribution in [0.5, 0.6) is 0 Å². The summed E-state index contributed by atoms with van der Waals surface area (Å²) >= 11 is 2.60. The maximum absolute atomic E-state index is 12.9. The summed E-state index contributed by atoms with van der Waals surface area (Å²) < 4.78 is 5.19. The molecule has 3 rings (SSSR count). The van der Waals surface area contributed by atoms with Gasteiger partial charge in [0.05, 0.1) is 17.9 Å². The quantitative estimate of drug-likeness (QED) is 0.603. The fourth-order valence-corrected chi connectivity index (χ4v) is 4.82. The van der Waals surface area contributed by atoms with E-state index in [2.05, 4.69) is 20.3 Å². The number of ether oxygens (including phenoxy) is 1. The van der Waals surface area contributed by atoms with Crippen molar-refractivity contribution in [1.82, 2.24) is 15.0 Å². The first-order chi connectivity index (χ1) is 13.5. The number of hydrogen-bond donors (Lipinski definition) is 1. The zero-order chi connectivity index (χ0) is 20.3. The van der Waals surface area contributed by atoms with Crippen LogP contribution in [0.25, 0.3) is 10.8 Å². The van der Waals surface area contributed by atoms with Crippen molar-refractivity contribution < 1.29 is 14.3 Å². The average molecular weight is 417 g/mol. The smallest absolute Gasteiger partial charge is 0.341 e. The van der Waals surface area contributed by atoms with Crippen LogP contribution in [0.15, 0.2) is 18.5 Å². The highest BCUT2D eigenvalue weighted by atomic mass is 32.1. The van der Waals surface area contributed by atoms with Gasteiger partial charge in [0, 0.05) is 17.3 Å². The predicted octanol–water partition coefficient (Wildman–Crippen LogP) is 4.27. The highest BCUT2D eigenvalue weighted by molar-refractivity contribution is 7.18. The standard InChI is InChI=1S/C19H20N4O3S2/c1-5-12-11(4)27-17(13(12)19(25)26-6-2)23-16(24)14-10(3)22-18(28-14)15-20-8-7-9-21-15/h7-9H,5-6H2,1-4H3,(H,23,24). The number of esters is 1. The molecule has 0 aliphatic heterocycles. The van der Waals surface area contributed by atoms with Gasteiger partial charge in [-0.2, -0.15) is 0 Å². The largest absolute Gasteiger partial charge is 0.462 e. The summed E-state index contributed by atoms with van der Waals surface area (Å²) in [5.74, 6) is -0.257. The van der Waals surface area contributed by atoms with Crippen LogP contribution in [-0.4, -0.2) is 33.4 Å². The number of amides is 1. The van der Waals surface area contributed by atoms with Gasteiger partial charge in [-0.3, -0.25) is 4.79 Å². The Bertz CT molecular complexity index is 1010. The first-order valence-corrected chi connectivity index (χ1v) is 10.4. The lowest BCUT2D eigenvalue weighted by molar-refractivity contribution is 0.0527. The van der Waals surface area contributed by atoms with E-state index in [1.54, 1.807) is 32.3 Å². The Labute approximate surface area is 170 Å². The van der Waals surface area contributed by atoms with Crippen LogP contribution in [0, 0.1) is 13.8 Å². The second kappa shape index (κ2) is 8.57. The molecule has 146 valence electrons. The van der Waals surface area contributed by atoms with E-state index in [0.29, 0.717) is 38.4 Å². The predicted molar refractivity (Wildman–Crippen MR) is 110 cm³/mol. The lowest BCUT2D eigenvalue weighted by Crippen LogP contribution is -2.15. The number of aromatic nitrogens is 3. The molecule has 0 fully saturated rings. The van der Waals surface area contributed by atoms with Gasteiger partial charge in [-0.05, 0) is 38.8 Å². The summed E-state index contributed by atoms with van der Waals surface area (Å²) in [6.45, 7) is 7.71. The molecule has 0 aliphatic rings. The van der Waals surface area contributed by atoms with E-state index >= 15 is 0 Å². The Morgan fingerprint density at radius 1 is 1.14 bits per heavy atom. The van der Waals surface area contributed by atoms with Gasteiger partial charge in [0.15, 0.2) is 10.8 Å². The second-order valence-electron chi connectivity index (χ2n) is 5.88. The number of nitrogens with one attached hydrogen (secondary N) is 1. The number of carbonyl (C=O) groups is 2. The molecule has 0 atom stereocenters. The van der Waals surface area contributed by atoms with Crippen LogP contribution in [-0.2, 0) is 11.2 Å². The average Bonchev–Trinajstić information content (AvgIpc) is 3.22. The van der Waals surface area contributed by atoms with E-state index in [9.17, 15) is 9.59 Å². The Hall–Kier alpha value is -2.65. The molecule has 9 heteroatoms. The molecule has 0 saturated heterocycles. The number of thiophene rings is 1. The van der Waals surface area contributed by atoms with E-state index in [1.165, 1.54) is 22.7 Å². The molecule has 0 saturated carbocycles. The van der Waals surface area contributed by atoms with Gasteiger partial charge in [0.2, 0.25) is 0 Å². The number of aryl methyl sites for hydroxylation is 2. The van der Waals surface area contributed by atoms with E-state index < -0.39 is 5.97 Å². The van der Waals surface area contributed by atoms with Crippen molar-refractivity contribution in [3.05, 3.63) is 45.0 Å². The Kier molecular flexibility index (Phi) is 6.15. The van der Waals surface area contributed by atoms with Gasteiger partial charge >= 0.3 is 5.97 Å². The van der Waals surface area contributed by atoms with Gasteiger partial charge in [0.1, 0.15) is 9.88 Å². The minimum absolute atomic E-state index is 0.276. The summed E-state index contributed by atoms with van der Waals surface area (Å²) in [5, 5.41) is 3.95. The lowest BCUT2D eigenvalue weighted by atomic mass is 10.1. The van der Waals surface area contributed by atoms with Crippen molar-refractivity contribution >= 4 is 39.6 Å². The third kappa shape index (κ3) is 3.95. The first-order valence-electron chi connectivity index (χ1n) is 8.81. The maximum atomic E-state index is 12.9. The normalized spacial score (nSPS) is 10.7. The van der Waals surface area contributed by atoms with Crippen LogP contribution < -0.4 is 5.32 Å². The molecule has 3 heterocycles. The van der Waals surface area contributed by atoms with Gasteiger partial charge in [-0.1, -0.05) is 6.92 Å². The molecule has 0 unspecified atom stereocenters. The molecule has 0 aliphatic carbocycles. The Morgan fingerprint density at radius 3 is 2.50 bits per heavy atom. The molecule has 1 amide bonds. The van der Waals surface area contributed by atoms with Crippen LogP contribution in [0.1, 0.15) is 50.0 Å². The van der Waals surface area contributed by atoms with Gasteiger partial charge in [-0.25, -0.2) is 19.7 Å². The van der Waals surface area contributed by atoms with Gasteiger partial charge in [0.25, 0.3) is 5.91 Å². The molecule has 3 aromatic rings. The summed E-state index contributed by atoms with van der Waals surface area (Å²) in [4.78, 5) is 39.5. The summed E-state index contributed by atoms with van der Waals surface area (Å²) in [6.07, 6.45) is 3.94. The SMILES string of the molecule is CCOC(=O)c1c(NC(=O)c2sc(-c3ncccn3)nc2C)sc(C)c1CC. The number of carbonyl (C=O) groups excluding carboxylic acids is 2. The van der Waals surface area contributed by atoms with Crippen LogP contribution in [0.3, 0.4) is 0 Å². The number of nitrogens with zero attached hydrogens (tertiary/aromatic N) is 3. The van der Waals surface area contributed by atoms with E-state index in [1.807, 2.05) is 13.8 Å². The third-order valence-electron chi connectivity index (χ3n) is 4.03.